The fourth-order valence-corrected chi connectivity index (χ4v) is 1.47. The number of aliphatic imine (C=N–C) groups is 1. The van der Waals surface area contributed by atoms with Gasteiger partial charge in [-0.2, -0.15) is 0 Å². The third-order valence-corrected chi connectivity index (χ3v) is 2.13. The zero-order valence-electron chi connectivity index (χ0n) is 8.63. The maximum absolute atomic E-state index is 4.31. The van der Waals surface area contributed by atoms with E-state index < -0.39 is 0 Å². The standard InChI is InChI=1S/C9H9N5.2ClH.Cu/c1-2-4-8-7(3-1)12-14(13-8)9-10-5-6-11-9;;;/h1-4H,5-6H2,(H,10,11);2*1H;. The summed E-state index contributed by atoms with van der Waals surface area (Å²) in [5.74, 6) is 0.737. The van der Waals surface area contributed by atoms with Crippen molar-refractivity contribution in [2.24, 2.45) is 4.99 Å². The van der Waals surface area contributed by atoms with Gasteiger partial charge < -0.3 is 5.32 Å². The van der Waals surface area contributed by atoms with E-state index in [9.17, 15) is 0 Å². The molecule has 1 aromatic carbocycles. The summed E-state index contributed by atoms with van der Waals surface area (Å²) in [6.07, 6.45) is 0. The average molecular weight is 324 g/mol. The first-order valence-corrected chi connectivity index (χ1v) is 4.54. The molecule has 5 nitrogen and oxygen atoms in total. The first kappa shape index (κ1) is 16.2. The van der Waals surface area contributed by atoms with E-state index in [2.05, 4.69) is 20.5 Å². The van der Waals surface area contributed by atoms with Gasteiger partial charge in [0.1, 0.15) is 11.0 Å². The molecule has 0 saturated heterocycles. The van der Waals surface area contributed by atoms with E-state index in [1.165, 1.54) is 0 Å². The van der Waals surface area contributed by atoms with E-state index in [4.69, 9.17) is 0 Å². The number of benzene rings is 1. The van der Waals surface area contributed by atoms with Gasteiger partial charge in [0.25, 0.3) is 0 Å². The van der Waals surface area contributed by atoms with Crippen molar-refractivity contribution in [1.82, 2.24) is 20.3 Å². The Bertz CT molecular complexity index is 480. The third-order valence-electron chi connectivity index (χ3n) is 2.13. The van der Waals surface area contributed by atoms with Gasteiger partial charge in [0.15, 0.2) is 0 Å². The van der Waals surface area contributed by atoms with Crippen LogP contribution in [0.15, 0.2) is 29.3 Å². The average Bonchev–Trinajstić information content (AvgIpc) is 2.86. The quantitative estimate of drug-likeness (QED) is 0.738. The van der Waals surface area contributed by atoms with Crippen molar-refractivity contribution in [3.05, 3.63) is 24.3 Å². The molecule has 0 bridgehead atoms. The molecular formula is C9H11Cl2CuN5. The predicted octanol–water partition coefficient (Wildman–Crippen LogP) is 1.08. The molecule has 97 valence electrons. The monoisotopic (exact) mass is 322 g/mol. The fourth-order valence-electron chi connectivity index (χ4n) is 1.47. The zero-order chi connectivity index (χ0) is 9.38. The van der Waals surface area contributed by atoms with Crippen LogP contribution in [0.5, 0.6) is 0 Å². The van der Waals surface area contributed by atoms with E-state index in [1.807, 2.05) is 24.3 Å². The zero-order valence-corrected chi connectivity index (χ0v) is 11.2. The molecule has 2 heterocycles. The van der Waals surface area contributed by atoms with E-state index in [0.717, 1.165) is 30.1 Å². The molecule has 8 heteroatoms. The van der Waals surface area contributed by atoms with Gasteiger partial charge in [-0.15, -0.1) is 39.8 Å². The Kier molecular flexibility index (Phi) is 6.49. The summed E-state index contributed by atoms with van der Waals surface area (Å²) in [7, 11) is 0. The van der Waals surface area contributed by atoms with Crippen LogP contribution in [0.25, 0.3) is 11.0 Å². The van der Waals surface area contributed by atoms with Crippen LogP contribution >= 0.6 is 24.8 Å². The van der Waals surface area contributed by atoms with Crippen LogP contribution in [-0.2, 0) is 17.1 Å². The topological polar surface area (TPSA) is 55.1 Å². The Morgan fingerprint density at radius 3 is 2.12 bits per heavy atom. The summed E-state index contributed by atoms with van der Waals surface area (Å²) in [5, 5.41) is 11.7. The molecule has 1 aliphatic rings. The maximum atomic E-state index is 4.31. The van der Waals surface area contributed by atoms with Gasteiger partial charge in [-0.3, -0.25) is 0 Å². The molecule has 0 atom stereocenters. The Morgan fingerprint density at radius 2 is 1.65 bits per heavy atom. The molecule has 3 rings (SSSR count). The van der Waals surface area contributed by atoms with Crippen LogP contribution in [0.1, 0.15) is 0 Å². The van der Waals surface area contributed by atoms with Gasteiger partial charge in [-0.05, 0) is 12.1 Å². The largest absolute Gasteiger partial charge is 0.351 e. The predicted molar refractivity (Wildman–Crippen MR) is 67.7 cm³/mol. The molecule has 0 saturated carbocycles. The Morgan fingerprint density at radius 1 is 1.06 bits per heavy atom. The number of nitrogens with zero attached hydrogens (tertiary/aromatic N) is 4. The van der Waals surface area contributed by atoms with Crippen molar-refractivity contribution >= 4 is 41.8 Å². The second-order valence-corrected chi connectivity index (χ2v) is 3.11. The summed E-state index contributed by atoms with van der Waals surface area (Å²) in [5.41, 5.74) is 1.79. The molecule has 0 fully saturated rings. The first-order valence-electron chi connectivity index (χ1n) is 4.54. The minimum absolute atomic E-state index is 0. The van der Waals surface area contributed by atoms with Crippen molar-refractivity contribution in [1.29, 1.82) is 0 Å². The Labute approximate surface area is 121 Å². The first-order chi connectivity index (χ1) is 6.93. The summed E-state index contributed by atoms with van der Waals surface area (Å²) < 4.78 is 0. The molecule has 1 aliphatic heterocycles. The van der Waals surface area contributed by atoms with Gasteiger partial charge in [-0.25, -0.2) is 4.99 Å². The molecule has 1 aromatic heterocycles. The van der Waals surface area contributed by atoms with Gasteiger partial charge >= 0.3 is 0 Å². The third kappa shape index (κ3) is 3.10. The molecule has 0 spiro atoms. The van der Waals surface area contributed by atoms with Crippen molar-refractivity contribution in [3.63, 3.8) is 0 Å². The van der Waals surface area contributed by atoms with Gasteiger partial charge in [0.05, 0.1) is 6.54 Å². The minimum Gasteiger partial charge on any atom is -0.351 e. The van der Waals surface area contributed by atoms with Crippen LogP contribution in [-0.4, -0.2) is 34.0 Å². The van der Waals surface area contributed by atoms with E-state index >= 15 is 0 Å². The smallest absolute Gasteiger partial charge is 0.238 e. The van der Waals surface area contributed by atoms with E-state index in [1.54, 1.807) is 4.80 Å². The van der Waals surface area contributed by atoms with Gasteiger partial charge in [0, 0.05) is 23.6 Å². The van der Waals surface area contributed by atoms with Crippen molar-refractivity contribution in [3.8, 4) is 0 Å². The van der Waals surface area contributed by atoms with E-state index in [-0.39, 0.29) is 41.9 Å². The second-order valence-electron chi connectivity index (χ2n) is 3.11. The molecular weight excluding hydrogens is 313 g/mol. The van der Waals surface area contributed by atoms with E-state index in [0.29, 0.717) is 0 Å². The number of halogens is 2. The summed E-state index contributed by atoms with van der Waals surface area (Å²) in [6.45, 7) is 1.67. The van der Waals surface area contributed by atoms with Crippen LogP contribution in [0.3, 0.4) is 0 Å². The normalized spacial score (nSPS) is 12.8. The number of rotatable bonds is 0. The summed E-state index contributed by atoms with van der Waals surface area (Å²) in [6, 6.07) is 7.78. The maximum Gasteiger partial charge on any atom is 0.238 e. The van der Waals surface area contributed by atoms with Crippen molar-refractivity contribution in [2.45, 2.75) is 0 Å². The van der Waals surface area contributed by atoms with Crippen LogP contribution < -0.4 is 5.32 Å². The van der Waals surface area contributed by atoms with Gasteiger partial charge in [-0.1, -0.05) is 12.1 Å². The molecule has 17 heavy (non-hydrogen) atoms. The SMILES string of the molecule is Cl.Cl.[Cu].c1ccc2nn(C3=NCCN3)nc2c1. The number of aromatic nitrogens is 3. The molecule has 1 radical (unpaired) electrons. The molecule has 2 aromatic rings. The van der Waals surface area contributed by atoms with Crippen LogP contribution in [0.2, 0.25) is 0 Å². The summed E-state index contributed by atoms with van der Waals surface area (Å²) in [4.78, 5) is 5.80. The van der Waals surface area contributed by atoms with Gasteiger partial charge in [0.2, 0.25) is 5.96 Å². The van der Waals surface area contributed by atoms with Crippen molar-refractivity contribution < 1.29 is 17.1 Å². The van der Waals surface area contributed by atoms with Crippen LogP contribution in [0.4, 0.5) is 0 Å². The number of hydrogen-bond acceptors (Lipinski definition) is 4. The summed E-state index contributed by atoms with van der Waals surface area (Å²) >= 11 is 0. The number of nitrogens with one attached hydrogen (secondary N) is 1. The molecule has 0 unspecified atom stereocenters. The van der Waals surface area contributed by atoms with Crippen LogP contribution in [0, 0.1) is 0 Å². The second kappa shape index (κ2) is 6.81. The van der Waals surface area contributed by atoms with Crippen molar-refractivity contribution in [2.75, 3.05) is 13.1 Å². The Balaban J connectivity index is 0.000000853. The minimum atomic E-state index is 0. The number of hydrogen-bond donors (Lipinski definition) is 1. The Hall–Kier alpha value is -0.811. The number of fused-ring (bicyclic) bond motifs is 1. The fraction of sp³-hybridized carbons (Fsp3) is 0.222. The molecule has 0 aliphatic carbocycles. The molecule has 0 amide bonds. The molecule has 1 N–H and O–H groups in total.